The summed E-state index contributed by atoms with van der Waals surface area (Å²) in [6.45, 7) is 14.2. The Morgan fingerprint density at radius 1 is 0.760 bits per heavy atom. The maximum atomic E-state index is 6.04. The number of hydrogen-bond acceptors (Lipinski definition) is 4. The number of unbranched alkanes of at least 4 members (excludes halogenated alkanes) is 7. The number of ether oxygens (including phenoxy) is 1. The lowest BCUT2D eigenvalue weighted by molar-refractivity contribution is -0.00605. The minimum atomic E-state index is -2.82. The molecule has 25 heavy (non-hydrogen) atoms. The molecule has 0 aromatic carbocycles. The molecule has 1 atom stereocenters. The molecule has 0 amide bonds. The van der Waals surface area contributed by atoms with Gasteiger partial charge in [-0.1, -0.05) is 64.4 Å². The standard InChI is InChI=1S/C20H42O4Si/c1-6-11-12-13-14-15-16-17-18-20(21-19-7-2)25(22-8-3,23-9-4)24-10-5/h7,20H,2,6,8-19H2,1,3-5H3. The van der Waals surface area contributed by atoms with Crippen LogP contribution in [0.4, 0.5) is 0 Å². The molecule has 5 heteroatoms. The van der Waals surface area contributed by atoms with Crippen molar-refractivity contribution < 1.29 is 18.0 Å². The molecule has 0 rings (SSSR count). The topological polar surface area (TPSA) is 36.9 Å². The largest absolute Gasteiger partial charge is 0.531 e. The molecule has 0 bridgehead atoms. The van der Waals surface area contributed by atoms with Crippen LogP contribution in [0.15, 0.2) is 12.7 Å². The highest BCUT2D eigenvalue weighted by Crippen LogP contribution is 2.23. The van der Waals surface area contributed by atoms with Crippen LogP contribution in [0.25, 0.3) is 0 Å². The first-order valence-electron chi connectivity index (χ1n) is 10.3. The number of hydrogen-bond donors (Lipinski definition) is 0. The summed E-state index contributed by atoms with van der Waals surface area (Å²) in [7, 11) is -2.82. The Kier molecular flexibility index (Phi) is 17.1. The summed E-state index contributed by atoms with van der Waals surface area (Å²) in [6.07, 6.45) is 13.1. The Bertz CT molecular complexity index is 282. The van der Waals surface area contributed by atoms with Gasteiger partial charge in [-0.15, -0.1) is 6.58 Å². The Labute approximate surface area is 157 Å². The fourth-order valence-electron chi connectivity index (χ4n) is 3.02. The van der Waals surface area contributed by atoms with Gasteiger partial charge in [-0.3, -0.25) is 0 Å². The third-order valence-electron chi connectivity index (χ3n) is 4.17. The molecule has 0 N–H and O–H groups in total. The van der Waals surface area contributed by atoms with Crippen LogP contribution in [0, 0.1) is 0 Å². The van der Waals surface area contributed by atoms with Gasteiger partial charge in [0.15, 0.2) is 0 Å². The molecule has 0 aliphatic heterocycles. The molecule has 4 nitrogen and oxygen atoms in total. The van der Waals surface area contributed by atoms with Crippen molar-refractivity contribution in [3.05, 3.63) is 12.7 Å². The summed E-state index contributed by atoms with van der Waals surface area (Å²) in [6, 6.07) is 0. The molecule has 0 fully saturated rings. The molecule has 1 unspecified atom stereocenters. The molecule has 0 saturated carbocycles. The van der Waals surface area contributed by atoms with E-state index in [-0.39, 0.29) is 5.73 Å². The maximum Gasteiger partial charge on any atom is 0.531 e. The fraction of sp³-hybridized carbons (Fsp3) is 0.900. The van der Waals surface area contributed by atoms with Crippen molar-refractivity contribution in [1.82, 2.24) is 0 Å². The third-order valence-corrected chi connectivity index (χ3v) is 7.48. The van der Waals surface area contributed by atoms with E-state index in [0.717, 1.165) is 12.8 Å². The van der Waals surface area contributed by atoms with Crippen molar-refractivity contribution in [2.45, 2.75) is 91.2 Å². The Morgan fingerprint density at radius 2 is 1.24 bits per heavy atom. The second-order valence-corrected chi connectivity index (χ2v) is 8.99. The Morgan fingerprint density at radius 3 is 1.68 bits per heavy atom. The minimum Gasteiger partial charge on any atom is -0.372 e. The van der Waals surface area contributed by atoms with E-state index >= 15 is 0 Å². The third kappa shape index (κ3) is 11.2. The van der Waals surface area contributed by atoms with Crippen LogP contribution >= 0.6 is 0 Å². The molecule has 0 spiro atoms. The van der Waals surface area contributed by atoms with Crippen molar-refractivity contribution in [1.29, 1.82) is 0 Å². The van der Waals surface area contributed by atoms with Gasteiger partial charge in [0, 0.05) is 19.8 Å². The summed E-state index contributed by atoms with van der Waals surface area (Å²) >= 11 is 0. The van der Waals surface area contributed by atoms with Crippen molar-refractivity contribution in [2.75, 3.05) is 26.4 Å². The molecule has 0 aromatic heterocycles. The number of rotatable bonds is 19. The van der Waals surface area contributed by atoms with Crippen molar-refractivity contribution >= 4 is 8.80 Å². The highest BCUT2D eigenvalue weighted by molar-refractivity contribution is 6.62. The first kappa shape index (κ1) is 24.8. The average Bonchev–Trinajstić information content (AvgIpc) is 2.60. The van der Waals surface area contributed by atoms with Gasteiger partial charge >= 0.3 is 8.80 Å². The highest BCUT2D eigenvalue weighted by atomic mass is 28.4. The highest BCUT2D eigenvalue weighted by Gasteiger charge is 2.50. The SMILES string of the molecule is C=CCOC(CCCCCCCCCC)[Si](OCC)(OCC)OCC. The van der Waals surface area contributed by atoms with E-state index in [0.29, 0.717) is 26.4 Å². The zero-order valence-corrected chi connectivity index (χ0v) is 18.2. The molecule has 0 aliphatic carbocycles. The van der Waals surface area contributed by atoms with Gasteiger partial charge in [0.25, 0.3) is 0 Å². The molecule has 0 radical (unpaired) electrons. The Hall–Kier alpha value is -0.203. The lowest BCUT2D eigenvalue weighted by Gasteiger charge is -2.35. The van der Waals surface area contributed by atoms with Gasteiger partial charge in [0.1, 0.15) is 5.73 Å². The average molecular weight is 375 g/mol. The Balaban J connectivity index is 4.53. The van der Waals surface area contributed by atoms with Crippen LogP contribution in [0.2, 0.25) is 0 Å². The molecule has 0 saturated heterocycles. The van der Waals surface area contributed by atoms with E-state index in [4.69, 9.17) is 18.0 Å². The second kappa shape index (κ2) is 17.2. The maximum absolute atomic E-state index is 6.04. The van der Waals surface area contributed by atoms with Crippen molar-refractivity contribution in [3.8, 4) is 0 Å². The van der Waals surface area contributed by atoms with Crippen LogP contribution in [0.1, 0.15) is 85.5 Å². The lowest BCUT2D eigenvalue weighted by atomic mass is 10.1. The fourth-order valence-corrected chi connectivity index (χ4v) is 5.89. The van der Waals surface area contributed by atoms with Crippen molar-refractivity contribution in [2.24, 2.45) is 0 Å². The summed E-state index contributed by atoms with van der Waals surface area (Å²) < 4.78 is 24.1. The van der Waals surface area contributed by atoms with E-state index in [1.165, 1.54) is 44.9 Å². The van der Waals surface area contributed by atoms with Crippen LogP contribution in [-0.4, -0.2) is 41.0 Å². The monoisotopic (exact) mass is 374 g/mol. The zero-order chi connectivity index (χ0) is 18.8. The second-order valence-electron chi connectivity index (χ2n) is 6.28. The van der Waals surface area contributed by atoms with E-state index in [1.807, 2.05) is 20.8 Å². The van der Waals surface area contributed by atoms with E-state index in [1.54, 1.807) is 6.08 Å². The molecule has 0 aromatic rings. The smallest absolute Gasteiger partial charge is 0.372 e. The molecular weight excluding hydrogens is 332 g/mol. The van der Waals surface area contributed by atoms with E-state index in [2.05, 4.69) is 13.5 Å². The van der Waals surface area contributed by atoms with Gasteiger partial charge in [0.2, 0.25) is 0 Å². The van der Waals surface area contributed by atoms with Gasteiger partial charge in [-0.05, 0) is 27.2 Å². The minimum absolute atomic E-state index is 0.106. The summed E-state index contributed by atoms with van der Waals surface area (Å²) in [5.41, 5.74) is -0.106. The van der Waals surface area contributed by atoms with Crippen LogP contribution in [-0.2, 0) is 18.0 Å². The van der Waals surface area contributed by atoms with Gasteiger partial charge in [-0.2, -0.15) is 0 Å². The van der Waals surface area contributed by atoms with Crippen LogP contribution < -0.4 is 0 Å². The summed E-state index contributed by atoms with van der Waals surface area (Å²) in [4.78, 5) is 0. The molecule has 0 heterocycles. The van der Waals surface area contributed by atoms with Crippen LogP contribution in [0.3, 0.4) is 0 Å². The van der Waals surface area contributed by atoms with Gasteiger partial charge < -0.3 is 18.0 Å². The summed E-state index contributed by atoms with van der Waals surface area (Å²) in [5, 5.41) is 0. The first-order valence-corrected chi connectivity index (χ1v) is 12.1. The molecule has 150 valence electrons. The zero-order valence-electron chi connectivity index (χ0n) is 17.2. The predicted molar refractivity (Wildman–Crippen MR) is 108 cm³/mol. The predicted octanol–water partition coefficient (Wildman–Crippen LogP) is 5.68. The van der Waals surface area contributed by atoms with Crippen LogP contribution in [0.5, 0.6) is 0 Å². The lowest BCUT2D eigenvalue weighted by Crippen LogP contribution is -2.57. The van der Waals surface area contributed by atoms with Gasteiger partial charge in [-0.25, -0.2) is 0 Å². The van der Waals surface area contributed by atoms with E-state index in [9.17, 15) is 0 Å². The molecule has 0 aliphatic rings. The summed E-state index contributed by atoms with van der Waals surface area (Å²) in [5.74, 6) is 0. The quantitative estimate of drug-likeness (QED) is 0.166. The van der Waals surface area contributed by atoms with Crippen molar-refractivity contribution in [3.63, 3.8) is 0 Å². The normalized spacial score (nSPS) is 13.1. The first-order chi connectivity index (χ1) is 12.2. The molecular formula is C20H42O4Si. The van der Waals surface area contributed by atoms with E-state index < -0.39 is 8.80 Å². The van der Waals surface area contributed by atoms with Gasteiger partial charge in [0.05, 0.1) is 6.61 Å².